The summed E-state index contributed by atoms with van der Waals surface area (Å²) in [7, 11) is 0. The molecule has 0 bridgehead atoms. The highest BCUT2D eigenvalue weighted by molar-refractivity contribution is 5.88. The van der Waals surface area contributed by atoms with Crippen molar-refractivity contribution in [1.29, 1.82) is 0 Å². The van der Waals surface area contributed by atoms with Crippen LogP contribution in [0.4, 0.5) is 0 Å². The van der Waals surface area contributed by atoms with Crippen LogP contribution >= 0.6 is 0 Å². The van der Waals surface area contributed by atoms with E-state index < -0.39 is 5.97 Å². The molecule has 4 heteroatoms. The highest BCUT2D eigenvalue weighted by atomic mass is 16.4. The lowest BCUT2D eigenvalue weighted by Crippen LogP contribution is -2.65. The summed E-state index contributed by atoms with van der Waals surface area (Å²) in [6, 6.07) is 7.70. The second-order valence-electron chi connectivity index (χ2n) is 20.0. The molecule has 4 nitrogen and oxygen atoms in total. The molecule has 56 heavy (non-hydrogen) atoms. The van der Waals surface area contributed by atoms with Gasteiger partial charge in [0, 0.05) is 19.6 Å². The van der Waals surface area contributed by atoms with Crippen LogP contribution in [-0.4, -0.2) is 48.7 Å². The lowest BCUT2D eigenvalue weighted by Gasteiger charge is -2.72. The molecule has 0 aromatic heterocycles. The largest absolute Gasteiger partial charge is 0.478 e. The normalized spacial score (nSPS) is 36.7. The van der Waals surface area contributed by atoms with Crippen LogP contribution in [0.5, 0.6) is 0 Å². The Balaban J connectivity index is 0.000000719. The van der Waals surface area contributed by atoms with Crippen molar-refractivity contribution in [1.82, 2.24) is 10.2 Å². The summed E-state index contributed by atoms with van der Waals surface area (Å²) in [6.07, 6.45) is 48.0. The SMILES string of the molecule is C#C.C#C.C#C.C=CC.CC1(C)C(c2ccc(C(=O)O)cc2)=CC[C@@]2(C)C1CC[C@]1(C)C2CC[C@@H]2C3CCC[C@]3(CNCC3(CN4CCCC4)CC3)CC[C@]21C. The first-order chi connectivity index (χ1) is 26.8. The fourth-order valence-corrected chi connectivity index (χ4v) is 14.5. The first-order valence-corrected chi connectivity index (χ1v) is 21.8. The molecule has 6 aliphatic carbocycles. The van der Waals surface area contributed by atoms with E-state index in [1.807, 2.05) is 6.92 Å². The van der Waals surface area contributed by atoms with Crippen molar-refractivity contribution < 1.29 is 9.90 Å². The number of nitrogens with zero attached hydrogens (tertiary/aromatic N) is 1. The maximum Gasteiger partial charge on any atom is 0.335 e. The molecule has 7 aliphatic rings. The summed E-state index contributed by atoms with van der Waals surface area (Å²) >= 11 is 0. The average Bonchev–Trinajstić information content (AvgIpc) is 3.52. The number of terminal acetylenes is 3. The zero-order valence-corrected chi connectivity index (χ0v) is 36.2. The quantitative estimate of drug-likeness (QED) is 0.205. The van der Waals surface area contributed by atoms with E-state index in [1.54, 1.807) is 18.2 Å². The van der Waals surface area contributed by atoms with E-state index in [1.165, 1.54) is 127 Å². The van der Waals surface area contributed by atoms with Crippen molar-refractivity contribution >= 4 is 11.5 Å². The highest BCUT2D eigenvalue weighted by Crippen LogP contribution is 2.77. The second kappa shape index (κ2) is 18.1. The first kappa shape index (κ1) is 45.5. The molecule has 8 atom stereocenters. The Morgan fingerprint density at radius 2 is 1.41 bits per heavy atom. The second-order valence-corrected chi connectivity index (χ2v) is 20.0. The maximum atomic E-state index is 11.5. The van der Waals surface area contributed by atoms with E-state index >= 15 is 0 Å². The number of nitrogens with one attached hydrogen (secondary N) is 1. The fourth-order valence-electron chi connectivity index (χ4n) is 14.5. The smallest absolute Gasteiger partial charge is 0.335 e. The predicted octanol–water partition coefficient (Wildman–Crippen LogP) is 11.6. The lowest BCUT2D eigenvalue weighted by atomic mass is 9.32. The summed E-state index contributed by atoms with van der Waals surface area (Å²) in [5.74, 6) is 2.38. The van der Waals surface area contributed by atoms with E-state index in [4.69, 9.17) is 0 Å². The van der Waals surface area contributed by atoms with Gasteiger partial charge in [-0.05, 0) is 183 Å². The van der Waals surface area contributed by atoms with Gasteiger partial charge in [-0.1, -0.05) is 65.3 Å². The van der Waals surface area contributed by atoms with Gasteiger partial charge in [-0.25, -0.2) is 4.79 Å². The Morgan fingerprint density at radius 3 is 2.00 bits per heavy atom. The summed E-state index contributed by atoms with van der Waals surface area (Å²) in [5.41, 5.74) is 5.39. The number of likely N-dealkylation sites (tertiary alicyclic amines) is 1. The van der Waals surface area contributed by atoms with Gasteiger partial charge in [-0.3, -0.25) is 0 Å². The molecule has 306 valence electrons. The third kappa shape index (κ3) is 7.95. The summed E-state index contributed by atoms with van der Waals surface area (Å²) < 4.78 is 0. The average molecular weight is 761 g/mol. The van der Waals surface area contributed by atoms with Gasteiger partial charge in [0.2, 0.25) is 0 Å². The number of aromatic carboxylic acids is 1. The van der Waals surface area contributed by atoms with E-state index in [-0.39, 0.29) is 5.41 Å². The van der Waals surface area contributed by atoms with Gasteiger partial charge in [0.05, 0.1) is 5.56 Å². The van der Waals surface area contributed by atoms with Crippen LogP contribution in [0.3, 0.4) is 0 Å². The maximum absolute atomic E-state index is 11.5. The van der Waals surface area contributed by atoms with Crippen LogP contribution in [0.15, 0.2) is 43.0 Å². The Bertz CT molecular complexity index is 1570. The zero-order valence-electron chi connectivity index (χ0n) is 36.2. The number of rotatable bonds is 8. The Kier molecular flexibility index (Phi) is 14.7. The van der Waals surface area contributed by atoms with Gasteiger partial charge in [-0.15, -0.1) is 45.1 Å². The zero-order chi connectivity index (χ0) is 41.6. The third-order valence-corrected chi connectivity index (χ3v) is 17.3. The van der Waals surface area contributed by atoms with Crippen molar-refractivity contribution in [3.8, 4) is 38.5 Å². The molecule has 3 unspecified atom stereocenters. The Hall–Kier alpha value is -3.23. The van der Waals surface area contributed by atoms with E-state index in [0.29, 0.717) is 38.6 Å². The number of allylic oxidation sites excluding steroid dienone is 3. The molecule has 1 saturated heterocycles. The first-order valence-electron chi connectivity index (χ1n) is 21.8. The molecule has 0 amide bonds. The van der Waals surface area contributed by atoms with Crippen molar-refractivity contribution in [2.75, 3.05) is 32.7 Å². The lowest BCUT2D eigenvalue weighted by molar-refractivity contribution is -0.222. The minimum absolute atomic E-state index is 0.0728. The Labute approximate surface area is 343 Å². The third-order valence-electron chi connectivity index (χ3n) is 17.3. The van der Waals surface area contributed by atoms with Gasteiger partial charge >= 0.3 is 5.97 Å². The number of hydrogen-bond donors (Lipinski definition) is 2. The van der Waals surface area contributed by atoms with Gasteiger partial charge in [-0.2, -0.15) is 0 Å². The molecule has 6 fully saturated rings. The fraction of sp³-hybridized carbons (Fsp3) is 0.673. The number of hydrogen-bond acceptors (Lipinski definition) is 3. The predicted molar refractivity (Wildman–Crippen MR) is 238 cm³/mol. The molecule has 1 aromatic rings. The molecule has 0 radical (unpaired) electrons. The monoisotopic (exact) mass is 761 g/mol. The molecular formula is C52H76N2O2. The molecular weight excluding hydrogens is 685 g/mol. The minimum Gasteiger partial charge on any atom is -0.478 e. The molecule has 0 spiro atoms. The van der Waals surface area contributed by atoms with Crippen LogP contribution in [0.1, 0.15) is 147 Å². The molecule has 2 N–H and O–H groups in total. The van der Waals surface area contributed by atoms with Crippen molar-refractivity contribution in [3.63, 3.8) is 0 Å². The van der Waals surface area contributed by atoms with Crippen molar-refractivity contribution in [3.05, 3.63) is 54.1 Å². The number of fused-ring (bicyclic) bond motifs is 7. The Morgan fingerprint density at radius 1 is 0.786 bits per heavy atom. The van der Waals surface area contributed by atoms with Crippen molar-refractivity contribution in [2.45, 2.75) is 131 Å². The van der Waals surface area contributed by atoms with Crippen LogP contribution in [-0.2, 0) is 0 Å². The van der Waals surface area contributed by atoms with E-state index in [9.17, 15) is 9.90 Å². The van der Waals surface area contributed by atoms with Crippen LogP contribution in [0, 0.1) is 94.7 Å². The van der Waals surface area contributed by atoms with Gasteiger partial charge < -0.3 is 15.3 Å². The standard InChI is InChI=1S/C43H64N2O2.C3H6.3C2H2/c1-38(2)32(30-10-12-31(13-11-30)37(46)47)16-19-39(3)35(38)17-20-41(5)36(39)15-14-33-34-9-8-18-43(34,24-21-40(33,41)4)28-44-27-42(22-23-42)29-45-25-6-7-26-45;1-3-2;3*1-2/h10-13,16,33-36,44H,6-9,14-15,17-29H2,1-5H3,(H,46,47);3H,1H2,2H3;3*1-2H/t33-,34?,35?,36?,39+,40-,41-,43-;;;;/m1..../s1. The van der Waals surface area contributed by atoms with Gasteiger partial charge in [0.1, 0.15) is 0 Å². The van der Waals surface area contributed by atoms with Crippen molar-refractivity contribution in [2.24, 2.45) is 56.2 Å². The highest BCUT2D eigenvalue weighted by Gasteiger charge is 2.69. The van der Waals surface area contributed by atoms with Crippen LogP contribution in [0.25, 0.3) is 5.57 Å². The molecule has 5 saturated carbocycles. The molecule has 1 aromatic carbocycles. The van der Waals surface area contributed by atoms with Crippen LogP contribution in [0.2, 0.25) is 0 Å². The topological polar surface area (TPSA) is 52.6 Å². The summed E-state index contributed by atoms with van der Waals surface area (Å²) in [4.78, 5) is 14.3. The van der Waals surface area contributed by atoms with E-state index in [0.717, 1.165) is 24.2 Å². The number of carboxylic acids is 1. The van der Waals surface area contributed by atoms with Gasteiger partial charge in [0.15, 0.2) is 0 Å². The molecule has 1 aliphatic heterocycles. The molecule has 1 heterocycles. The van der Waals surface area contributed by atoms with E-state index in [2.05, 4.69) is 108 Å². The molecule has 8 rings (SSSR count). The number of carbonyl (C=O) groups is 1. The summed E-state index contributed by atoms with van der Waals surface area (Å²) in [5, 5.41) is 13.7. The summed E-state index contributed by atoms with van der Waals surface area (Å²) in [6.45, 7) is 25.1. The number of benzene rings is 1. The van der Waals surface area contributed by atoms with Crippen LogP contribution < -0.4 is 5.32 Å². The number of carboxylic acid groups (broad SMARTS) is 1. The van der Waals surface area contributed by atoms with Gasteiger partial charge in [0.25, 0.3) is 0 Å². The minimum atomic E-state index is -0.843.